The average Bonchev–Trinajstić information content (AvgIpc) is 4.01. The molecule has 2 bridgehead atoms. The molecule has 8 rings (SSSR count). The first-order chi connectivity index (χ1) is 28.6. The fourth-order valence-electron chi connectivity index (χ4n) is 6.33. The highest BCUT2D eigenvalue weighted by atomic mass is 32.7. The van der Waals surface area contributed by atoms with Crippen LogP contribution in [0.4, 0.5) is 16.2 Å². The molecule has 0 saturated carbocycles. The quantitative estimate of drug-likeness (QED) is 0.0930. The van der Waals surface area contributed by atoms with Gasteiger partial charge in [-0.15, -0.1) is 5.10 Å². The van der Waals surface area contributed by atoms with Crippen molar-refractivity contribution in [3.8, 4) is 6.07 Å². The first-order valence-corrected chi connectivity index (χ1v) is 21.5. The van der Waals surface area contributed by atoms with Crippen molar-refractivity contribution in [2.45, 2.75) is 69.7 Å². The van der Waals surface area contributed by atoms with E-state index in [0.717, 1.165) is 4.68 Å². The zero-order valence-corrected chi connectivity index (χ0v) is 33.7. The third-order valence-electron chi connectivity index (χ3n) is 9.21. The molecule has 3 fully saturated rings. The van der Waals surface area contributed by atoms with Gasteiger partial charge in [-0.05, 0) is 12.1 Å². The number of fused-ring (bicyclic) bond motifs is 5. The number of amides is 2. The van der Waals surface area contributed by atoms with Gasteiger partial charge in [0, 0.05) is 17.9 Å². The molecule has 5 aromatic rings. The smallest absolute Gasteiger partial charge is 0.333 e. The predicted molar refractivity (Wildman–Crippen MR) is 207 cm³/mol. The van der Waals surface area contributed by atoms with Gasteiger partial charge >= 0.3 is 8.60 Å². The van der Waals surface area contributed by atoms with Crippen molar-refractivity contribution in [1.82, 2.24) is 44.5 Å². The van der Waals surface area contributed by atoms with Gasteiger partial charge in [-0.25, -0.2) is 19.3 Å². The minimum absolute atomic E-state index is 0.00393. The number of halogens is 1. The number of H-pyrrole nitrogens is 1. The second-order valence-electron chi connectivity index (χ2n) is 13.5. The summed E-state index contributed by atoms with van der Waals surface area (Å²) in [6, 6.07) is 10.5. The van der Waals surface area contributed by atoms with Crippen molar-refractivity contribution in [3.05, 3.63) is 58.9 Å². The van der Waals surface area contributed by atoms with E-state index in [0.29, 0.717) is 5.56 Å². The normalized spacial score (nSPS) is 27.4. The van der Waals surface area contributed by atoms with Crippen LogP contribution in [0.5, 0.6) is 0 Å². The van der Waals surface area contributed by atoms with E-state index >= 15 is 4.39 Å². The average molecular weight is 873 g/mol. The Hall–Kier alpha value is -4.66. The number of carbonyl (C=O) groups excluding carboxylic acids is 2. The van der Waals surface area contributed by atoms with Gasteiger partial charge < -0.3 is 37.4 Å². The molecule has 310 valence electrons. The van der Waals surface area contributed by atoms with Gasteiger partial charge in [0.05, 0.1) is 44.7 Å². The number of carbonyl (C=O) groups is 2. The Morgan fingerprint density at radius 1 is 1.07 bits per heavy atom. The van der Waals surface area contributed by atoms with E-state index in [2.05, 4.69) is 58.1 Å². The van der Waals surface area contributed by atoms with Crippen LogP contribution in [0.25, 0.3) is 22.3 Å². The van der Waals surface area contributed by atoms with Crippen LogP contribution in [-0.4, -0.2) is 107 Å². The van der Waals surface area contributed by atoms with Gasteiger partial charge in [-0.3, -0.25) is 29.3 Å². The van der Waals surface area contributed by atoms with Gasteiger partial charge in [-0.1, -0.05) is 49.5 Å². The zero-order chi connectivity index (χ0) is 41.2. The maximum atomic E-state index is 16.7. The van der Waals surface area contributed by atoms with Crippen LogP contribution in [0, 0.1) is 17.2 Å². The standard InChI is InChI=1S/C33H35FN12O10P2S/c1-16(2)28(47)41-33-40-27-23(30(49)42-33)38-15-45(27)31-19-11-18(53-31)12-51-57(50-10-6-9-35)56-24-20(13-52-58(59)55-19)54-32(21(24)34)46-26-22(43-44-46)25(36-14-37-26)39-29(48)17-7-4-3-5-8-17/h3-5,7-8,14-16,18-21,24,31-32,59H,6,10-13H2,1-2H3,(H,36,37,39,48)(H2,40,41,42,47,49)/t18-,19-,20+,21-,24+,31+,32+,57?,58?/m0/s1. The summed E-state index contributed by atoms with van der Waals surface area (Å²) in [6.07, 6.45) is -5.42. The van der Waals surface area contributed by atoms with E-state index in [1.165, 1.54) is 17.2 Å². The molecular weight excluding hydrogens is 837 g/mol. The summed E-state index contributed by atoms with van der Waals surface area (Å²) in [5.41, 5.74) is 0.0453. The number of ether oxygens (including phenoxy) is 2. The number of alkyl halides is 1. The second kappa shape index (κ2) is 17.9. The Balaban J connectivity index is 1.04. The van der Waals surface area contributed by atoms with Crippen LogP contribution in [0.2, 0.25) is 0 Å². The lowest BCUT2D eigenvalue weighted by Gasteiger charge is -2.26. The van der Waals surface area contributed by atoms with Crippen molar-refractivity contribution < 1.29 is 46.1 Å². The number of aromatic amines is 1. The van der Waals surface area contributed by atoms with Gasteiger partial charge in [0.2, 0.25) is 19.4 Å². The summed E-state index contributed by atoms with van der Waals surface area (Å²) in [4.78, 5) is 57.8. The summed E-state index contributed by atoms with van der Waals surface area (Å²) in [5, 5.41) is 22.7. The maximum Gasteiger partial charge on any atom is 0.333 e. The number of aromatic nitrogens is 9. The van der Waals surface area contributed by atoms with E-state index in [4.69, 9.17) is 32.1 Å². The van der Waals surface area contributed by atoms with Crippen LogP contribution in [0.1, 0.15) is 49.5 Å². The molecule has 2 amide bonds. The zero-order valence-electron chi connectivity index (χ0n) is 31.0. The van der Waals surface area contributed by atoms with Crippen molar-refractivity contribution in [3.63, 3.8) is 0 Å². The Labute approximate surface area is 340 Å². The minimum atomic E-state index is -2.32. The highest BCUT2D eigenvalue weighted by Crippen LogP contribution is 2.52. The Morgan fingerprint density at radius 3 is 2.69 bits per heavy atom. The number of hydrogen-bond acceptors (Lipinski definition) is 18. The molecule has 2 unspecified atom stereocenters. The largest absolute Gasteiger partial charge is 0.349 e. The number of thiol groups is 1. The summed E-state index contributed by atoms with van der Waals surface area (Å²) < 4.78 is 62.2. The number of nitriles is 1. The molecule has 9 atom stereocenters. The van der Waals surface area contributed by atoms with Gasteiger partial charge in [0.1, 0.15) is 24.6 Å². The summed E-state index contributed by atoms with van der Waals surface area (Å²) >= 11 is 4.57. The fraction of sp³-hybridized carbons (Fsp3) is 0.455. The number of nitrogens with one attached hydrogen (secondary N) is 3. The molecule has 1 aromatic carbocycles. The van der Waals surface area contributed by atoms with E-state index in [1.54, 1.807) is 44.2 Å². The molecule has 7 heterocycles. The van der Waals surface area contributed by atoms with E-state index in [-0.39, 0.29) is 78.6 Å². The van der Waals surface area contributed by atoms with Crippen LogP contribution < -0.4 is 16.2 Å². The van der Waals surface area contributed by atoms with Crippen LogP contribution in [-0.2, 0) is 36.9 Å². The fourth-order valence-corrected chi connectivity index (χ4v) is 8.83. The molecule has 0 aliphatic carbocycles. The number of anilines is 2. The summed E-state index contributed by atoms with van der Waals surface area (Å²) in [6.45, 7) is 2.89. The lowest BCUT2D eigenvalue weighted by molar-refractivity contribution is -0.118. The topological polar surface area (TPSA) is 267 Å². The predicted octanol–water partition coefficient (Wildman–Crippen LogP) is 3.86. The molecule has 22 nitrogen and oxygen atoms in total. The molecule has 4 aromatic heterocycles. The molecular formula is C33H35FN12O10P2S. The first-order valence-electron chi connectivity index (χ1n) is 18.1. The molecule has 3 saturated heterocycles. The second-order valence-corrected chi connectivity index (χ2v) is 16.6. The Bertz CT molecular complexity index is 2420. The van der Waals surface area contributed by atoms with Crippen molar-refractivity contribution in [2.24, 2.45) is 5.92 Å². The number of hydrogen-bond donors (Lipinski definition) is 4. The van der Waals surface area contributed by atoms with Crippen LogP contribution >= 0.6 is 28.4 Å². The Kier molecular flexibility index (Phi) is 12.5. The number of imidazole rings is 1. The van der Waals surface area contributed by atoms with E-state index in [1.807, 2.05) is 6.07 Å². The molecule has 3 aliphatic heterocycles. The summed E-state index contributed by atoms with van der Waals surface area (Å²) in [5.74, 6) is -1.22. The van der Waals surface area contributed by atoms with Crippen LogP contribution in [0.3, 0.4) is 0 Å². The van der Waals surface area contributed by atoms with Crippen molar-refractivity contribution >= 4 is 74.3 Å². The monoisotopic (exact) mass is 872 g/mol. The Morgan fingerprint density at radius 2 is 1.90 bits per heavy atom. The minimum Gasteiger partial charge on any atom is -0.349 e. The molecule has 0 radical (unpaired) electrons. The van der Waals surface area contributed by atoms with Gasteiger partial charge in [-0.2, -0.15) is 14.9 Å². The highest BCUT2D eigenvalue weighted by molar-refractivity contribution is 8.41. The van der Waals surface area contributed by atoms with E-state index < -0.39 is 70.7 Å². The molecule has 0 spiro atoms. The molecule has 3 N–H and O–H groups in total. The number of nitrogens with zero attached hydrogens (tertiary/aromatic N) is 9. The highest BCUT2D eigenvalue weighted by Gasteiger charge is 2.51. The van der Waals surface area contributed by atoms with Gasteiger partial charge in [0.15, 0.2) is 46.8 Å². The number of benzene rings is 1. The number of rotatable bonds is 9. The molecule has 3 aliphatic rings. The maximum absolute atomic E-state index is 16.7. The molecule has 26 heteroatoms. The third-order valence-corrected chi connectivity index (χ3v) is 11.8. The summed E-state index contributed by atoms with van der Waals surface area (Å²) in [7, 11) is -4.31. The SMILES string of the molecule is CC(C)C(=O)Nc1nc2c(ncn2[C@@H]2O[C@@H]3COP(OCCC#N)O[C@H]4[C@H](F)[C@H](n5nnc6c(NC(=O)c7ccccc7)ncnc65)O[C@@H]4COP(S)O[C@H]2C3)c(=O)[nH]1. The lowest BCUT2D eigenvalue weighted by Crippen LogP contribution is -2.33. The third kappa shape index (κ3) is 8.81. The lowest BCUT2D eigenvalue weighted by atomic mass is 10.1. The van der Waals surface area contributed by atoms with Gasteiger partial charge in [0.25, 0.3) is 11.5 Å². The van der Waals surface area contributed by atoms with E-state index in [9.17, 15) is 19.6 Å². The molecule has 59 heavy (non-hydrogen) atoms. The van der Waals surface area contributed by atoms with Crippen LogP contribution in [0.15, 0.2) is 47.8 Å². The van der Waals surface area contributed by atoms with Crippen molar-refractivity contribution in [1.29, 1.82) is 5.26 Å². The first kappa shape index (κ1) is 41.1. The van der Waals surface area contributed by atoms with Crippen molar-refractivity contribution in [2.75, 3.05) is 30.5 Å².